The molecule has 4 aromatic carbocycles. The van der Waals surface area contributed by atoms with Crippen molar-refractivity contribution in [1.82, 2.24) is 0 Å². The zero-order valence-corrected chi connectivity index (χ0v) is 48.1. The monoisotopic (exact) mass is 1040 g/mol. The van der Waals surface area contributed by atoms with E-state index in [2.05, 4.69) is 139 Å². The molecular weight excluding hydrogens is 961 g/mol. The molecule has 0 bridgehead atoms. The van der Waals surface area contributed by atoms with E-state index in [-0.39, 0.29) is 0 Å². The summed E-state index contributed by atoms with van der Waals surface area (Å²) in [6.07, 6.45) is 18.4. The van der Waals surface area contributed by atoms with Crippen LogP contribution in [0.1, 0.15) is 158 Å². The summed E-state index contributed by atoms with van der Waals surface area (Å²) in [4.78, 5) is 7.62. The fourth-order valence-electron chi connectivity index (χ4n) is 10.4. The number of benzene rings is 4. The van der Waals surface area contributed by atoms with Crippen LogP contribution in [0.15, 0.2) is 83.6 Å². The Morgan fingerprint density at radius 3 is 0.903 bits per heavy atom. The first kappa shape index (κ1) is 54.2. The Balaban J connectivity index is 1.47. The van der Waals surface area contributed by atoms with Crippen molar-refractivity contribution in [1.29, 1.82) is 0 Å². The van der Waals surface area contributed by atoms with E-state index in [0.29, 0.717) is 50.1 Å². The second kappa shape index (κ2) is 26.9. The summed E-state index contributed by atoms with van der Waals surface area (Å²) >= 11 is 7.34. The maximum Gasteiger partial charge on any atom is 0.169 e. The summed E-state index contributed by atoms with van der Waals surface area (Å²) in [5.41, 5.74) is 2.33. The van der Waals surface area contributed by atoms with Gasteiger partial charge in [-0.15, -0.1) is 45.3 Å². The third-order valence-corrected chi connectivity index (χ3v) is 19.7. The maximum atomic E-state index is 7.48. The molecule has 4 nitrogen and oxygen atoms in total. The van der Waals surface area contributed by atoms with Gasteiger partial charge in [-0.1, -0.05) is 145 Å². The molecular formula is C64H82O4S4. The maximum absolute atomic E-state index is 7.48. The SMILES string of the molecule is CCCCC(CC)COc1c(OCC(CC)CCCC)c2cc(-c3ccc(-c4cccs4)s3)cc3c(OCC(CC)CCCC)c(OCC(CC)CCCC)c4cc(-c5ccc(-c6cccs6)s5)cc1c4c23. The number of thiophene rings is 4. The van der Waals surface area contributed by atoms with Crippen molar-refractivity contribution in [3.8, 4) is 63.4 Å². The van der Waals surface area contributed by atoms with E-state index in [1.54, 1.807) is 22.7 Å². The highest BCUT2D eigenvalue weighted by Gasteiger charge is 2.30. The second-order valence-corrected chi connectivity index (χ2v) is 24.5. The van der Waals surface area contributed by atoms with Crippen LogP contribution < -0.4 is 18.9 Å². The van der Waals surface area contributed by atoms with Crippen LogP contribution in [-0.2, 0) is 0 Å². The number of hydrogen-bond donors (Lipinski definition) is 0. The Bertz CT molecular complexity index is 2540. The van der Waals surface area contributed by atoms with Gasteiger partial charge in [-0.25, -0.2) is 0 Å². The molecule has 0 fully saturated rings. The van der Waals surface area contributed by atoms with Gasteiger partial charge < -0.3 is 18.9 Å². The zero-order valence-electron chi connectivity index (χ0n) is 44.8. The van der Waals surface area contributed by atoms with Crippen LogP contribution in [0.4, 0.5) is 0 Å². The summed E-state index contributed by atoms with van der Waals surface area (Å²) in [7, 11) is 0. The molecule has 386 valence electrons. The molecule has 0 N–H and O–H groups in total. The number of unbranched alkanes of at least 4 members (excludes halogenated alkanes) is 4. The Hall–Kier alpha value is -4.08. The van der Waals surface area contributed by atoms with Crippen molar-refractivity contribution < 1.29 is 18.9 Å². The topological polar surface area (TPSA) is 36.9 Å². The first-order chi connectivity index (χ1) is 35.4. The second-order valence-electron chi connectivity index (χ2n) is 20.4. The van der Waals surface area contributed by atoms with Crippen molar-refractivity contribution in [2.75, 3.05) is 26.4 Å². The van der Waals surface area contributed by atoms with E-state index in [1.165, 1.54) is 103 Å². The highest BCUT2D eigenvalue weighted by Crippen LogP contribution is 2.57. The Labute approximate surface area is 448 Å². The van der Waals surface area contributed by atoms with Crippen LogP contribution in [0.5, 0.6) is 23.0 Å². The van der Waals surface area contributed by atoms with Crippen LogP contribution in [-0.4, -0.2) is 26.4 Å². The van der Waals surface area contributed by atoms with E-state index >= 15 is 0 Å². The van der Waals surface area contributed by atoms with E-state index < -0.39 is 0 Å². The molecule has 0 aliphatic heterocycles. The van der Waals surface area contributed by atoms with Gasteiger partial charge in [0.05, 0.1) is 26.4 Å². The number of hydrogen-bond acceptors (Lipinski definition) is 8. The summed E-state index contributed by atoms with van der Waals surface area (Å²) in [6, 6.07) is 27.7. The van der Waals surface area contributed by atoms with Gasteiger partial charge in [-0.05, 0) is 132 Å². The van der Waals surface area contributed by atoms with Crippen molar-refractivity contribution in [3.05, 3.63) is 83.6 Å². The minimum Gasteiger partial charge on any atom is -0.489 e. The van der Waals surface area contributed by atoms with E-state index in [4.69, 9.17) is 18.9 Å². The molecule has 0 spiro atoms. The fourth-order valence-corrected chi connectivity index (χ4v) is 14.0. The Kier molecular flexibility index (Phi) is 20.3. The molecule has 0 radical (unpaired) electrons. The lowest BCUT2D eigenvalue weighted by Crippen LogP contribution is -2.16. The molecule has 72 heavy (non-hydrogen) atoms. The van der Waals surface area contributed by atoms with Crippen molar-refractivity contribution in [2.24, 2.45) is 23.7 Å². The molecule has 8 heteroatoms. The molecule has 4 aromatic heterocycles. The quantitative estimate of drug-likeness (QED) is 0.0394. The van der Waals surface area contributed by atoms with Gasteiger partial charge in [0.2, 0.25) is 0 Å². The lowest BCUT2D eigenvalue weighted by atomic mass is 9.88. The lowest BCUT2D eigenvalue weighted by Gasteiger charge is -2.27. The van der Waals surface area contributed by atoms with Crippen LogP contribution >= 0.6 is 45.3 Å². The molecule has 4 atom stereocenters. The molecule has 0 aliphatic carbocycles. The van der Waals surface area contributed by atoms with Gasteiger partial charge in [-0.2, -0.15) is 0 Å². The van der Waals surface area contributed by atoms with Gasteiger partial charge in [0, 0.05) is 61.6 Å². The van der Waals surface area contributed by atoms with Gasteiger partial charge >= 0.3 is 0 Å². The standard InChI is InChI=1S/C64H82O4S4/c1-9-17-23-43(13-5)39-65-61-49-35-47(53-29-31-57(71-53)55-27-21-33-69-55)37-51-59(49)60-50(62(61)66-40-44(14-6)24-18-10-2)36-48(54-30-32-58(72-54)56-28-22-34-70-56)38-52(60)64(68-42-46(16-8)26-20-12-4)63(51)67-41-45(15-7)25-19-11-3/h21-22,27-38,43-46H,9-20,23-26,39-42H2,1-8H3. The summed E-state index contributed by atoms with van der Waals surface area (Å²) < 4.78 is 29.9. The summed E-state index contributed by atoms with van der Waals surface area (Å²) in [6.45, 7) is 21.1. The summed E-state index contributed by atoms with van der Waals surface area (Å²) in [5.74, 6) is 5.23. The predicted octanol–water partition coefficient (Wildman–Crippen LogP) is 21.9. The average Bonchev–Trinajstić information content (AvgIpc) is 4.28. The summed E-state index contributed by atoms with van der Waals surface area (Å²) in [5, 5.41) is 11.1. The highest BCUT2D eigenvalue weighted by molar-refractivity contribution is 7.23. The van der Waals surface area contributed by atoms with Gasteiger partial charge in [-0.3, -0.25) is 0 Å². The van der Waals surface area contributed by atoms with E-state index in [9.17, 15) is 0 Å². The molecule has 0 aliphatic rings. The molecule has 4 heterocycles. The van der Waals surface area contributed by atoms with Crippen LogP contribution in [0.25, 0.3) is 72.7 Å². The number of ether oxygens (including phenoxy) is 4. The number of rotatable bonds is 32. The van der Waals surface area contributed by atoms with Crippen molar-refractivity contribution >= 4 is 77.7 Å². The lowest BCUT2D eigenvalue weighted by molar-refractivity contribution is 0.202. The Morgan fingerprint density at radius 1 is 0.361 bits per heavy atom. The first-order valence-electron chi connectivity index (χ1n) is 28.0. The highest BCUT2D eigenvalue weighted by atomic mass is 32.1. The van der Waals surface area contributed by atoms with Crippen molar-refractivity contribution in [3.63, 3.8) is 0 Å². The van der Waals surface area contributed by atoms with Crippen LogP contribution in [0, 0.1) is 23.7 Å². The fraction of sp³-hybridized carbons (Fsp3) is 0.500. The van der Waals surface area contributed by atoms with Crippen LogP contribution in [0.3, 0.4) is 0 Å². The normalized spacial score (nSPS) is 13.6. The van der Waals surface area contributed by atoms with E-state index in [1.807, 2.05) is 22.7 Å². The third kappa shape index (κ3) is 12.7. The molecule has 4 unspecified atom stereocenters. The predicted molar refractivity (Wildman–Crippen MR) is 319 cm³/mol. The van der Waals surface area contributed by atoms with Gasteiger partial charge in [0.1, 0.15) is 0 Å². The average molecular weight is 1040 g/mol. The van der Waals surface area contributed by atoms with E-state index in [0.717, 1.165) is 95.9 Å². The zero-order chi connectivity index (χ0) is 50.4. The third-order valence-electron chi connectivity index (χ3n) is 15.3. The molecule has 0 saturated heterocycles. The molecule has 0 amide bonds. The largest absolute Gasteiger partial charge is 0.489 e. The minimum atomic E-state index is 0.438. The molecule has 8 rings (SSSR count). The first-order valence-corrected chi connectivity index (χ1v) is 31.4. The smallest absolute Gasteiger partial charge is 0.169 e. The van der Waals surface area contributed by atoms with Crippen molar-refractivity contribution in [2.45, 2.75) is 158 Å². The molecule has 8 aromatic rings. The van der Waals surface area contributed by atoms with Gasteiger partial charge in [0.15, 0.2) is 23.0 Å². The van der Waals surface area contributed by atoms with Crippen LogP contribution in [0.2, 0.25) is 0 Å². The minimum absolute atomic E-state index is 0.438. The Morgan fingerprint density at radius 2 is 0.653 bits per heavy atom. The van der Waals surface area contributed by atoms with Gasteiger partial charge in [0.25, 0.3) is 0 Å². The molecule has 0 saturated carbocycles.